The molecule has 1 aromatic heterocycles. The van der Waals surface area contributed by atoms with Gasteiger partial charge in [-0.05, 0) is 39.7 Å². The molecule has 2 rings (SSSR count). The third-order valence-corrected chi connectivity index (χ3v) is 3.88. The highest BCUT2D eigenvalue weighted by Gasteiger charge is 2.36. The number of aromatic nitrogens is 3. The van der Waals surface area contributed by atoms with Crippen molar-refractivity contribution in [2.45, 2.75) is 52.0 Å². The van der Waals surface area contributed by atoms with Gasteiger partial charge in [0, 0.05) is 18.5 Å². The lowest BCUT2D eigenvalue weighted by atomic mass is 9.77. The summed E-state index contributed by atoms with van der Waals surface area (Å²) in [6.45, 7) is 9.62. The third kappa shape index (κ3) is 1.75. The molecule has 1 aliphatic heterocycles. The topological polar surface area (TPSA) is 42.7 Å². The van der Waals surface area contributed by atoms with Gasteiger partial charge in [-0.1, -0.05) is 6.92 Å². The SMILES string of the molecule is CCn1c(C)nnc1C1(CC)CCCNC1. The summed E-state index contributed by atoms with van der Waals surface area (Å²) in [4.78, 5) is 0. The van der Waals surface area contributed by atoms with Crippen LogP contribution in [0.4, 0.5) is 0 Å². The lowest BCUT2D eigenvalue weighted by Gasteiger charge is -2.36. The van der Waals surface area contributed by atoms with Gasteiger partial charge in [0.2, 0.25) is 0 Å². The molecule has 0 radical (unpaired) electrons. The van der Waals surface area contributed by atoms with E-state index in [0.717, 1.165) is 31.9 Å². The molecule has 1 fully saturated rings. The monoisotopic (exact) mass is 222 g/mol. The van der Waals surface area contributed by atoms with Gasteiger partial charge in [0.05, 0.1) is 0 Å². The fourth-order valence-corrected chi connectivity index (χ4v) is 2.77. The lowest BCUT2D eigenvalue weighted by Crippen LogP contribution is -2.44. The van der Waals surface area contributed by atoms with Gasteiger partial charge in [-0.25, -0.2) is 0 Å². The van der Waals surface area contributed by atoms with Crippen molar-refractivity contribution in [2.24, 2.45) is 0 Å². The Morgan fingerprint density at radius 2 is 2.19 bits per heavy atom. The molecule has 4 nitrogen and oxygen atoms in total. The van der Waals surface area contributed by atoms with Crippen LogP contribution in [0.2, 0.25) is 0 Å². The van der Waals surface area contributed by atoms with Crippen LogP contribution in [-0.2, 0) is 12.0 Å². The standard InChI is InChI=1S/C12H22N4/c1-4-12(7-6-8-13-9-12)11-15-14-10(3)16(11)5-2/h13H,4-9H2,1-3H3. The smallest absolute Gasteiger partial charge is 0.140 e. The summed E-state index contributed by atoms with van der Waals surface area (Å²) in [5, 5.41) is 12.2. The molecule has 0 spiro atoms. The first-order valence-electron chi connectivity index (χ1n) is 6.34. The second-order valence-electron chi connectivity index (χ2n) is 4.73. The summed E-state index contributed by atoms with van der Waals surface area (Å²) in [7, 11) is 0. The Morgan fingerprint density at radius 3 is 2.75 bits per heavy atom. The van der Waals surface area contributed by atoms with Gasteiger partial charge in [0.25, 0.3) is 0 Å². The first-order valence-corrected chi connectivity index (χ1v) is 6.34. The van der Waals surface area contributed by atoms with Crippen LogP contribution < -0.4 is 5.32 Å². The Hall–Kier alpha value is -0.900. The largest absolute Gasteiger partial charge is 0.316 e. The third-order valence-electron chi connectivity index (χ3n) is 3.88. The van der Waals surface area contributed by atoms with Crippen LogP contribution in [0, 0.1) is 6.92 Å². The van der Waals surface area contributed by atoms with Crippen LogP contribution in [0.3, 0.4) is 0 Å². The van der Waals surface area contributed by atoms with Crippen LogP contribution in [0.25, 0.3) is 0 Å². The van der Waals surface area contributed by atoms with Gasteiger partial charge in [-0.3, -0.25) is 0 Å². The first kappa shape index (κ1) is 11.6. The molecule has 0 aromatic carbocycles. The Kier molecular flexibility index (Phi) is 3.28. The van der Waals surface area contributed by atoms with E-state index in [-0.39, 0.29) is 5.41 Å². The summed E-state index contributed by atoms with van der Waals surface area (Å²) in [5.41, 5.74) is 0.204. The molecule has 0 bridgehead atoms. The van der Waals surface area contributed by atoms with Crippen molar-refractivity contribution in [1.29, 1.82) is 0 Å². The maximum Gasteiger partial charge on any atom is 0.140 e. The van der Waals surface area contributed by atoms with Crippen molar-refractivity contribution >= 4 is 0 Å². The molecule has 0 saturated carbocycles. The van der Waals surface area contributed by atoms with E-state index in [2.05, 4.69) is 33.9 Å². The van der Waals surface area contributed by atoms with E-state index in [0.29, 0.717) is 0 Å². The number of piperidine rings is 1. The molecule has 1 atom stereocenters. The van der Waals surface area contributed by atoms with Crippen molar-refractivity contribution in [3.05, 3.63) is 11.6 Å². The van der Waals surface area contributed by atoms with Crippen LogP contribution in [0.1, 0.15) is 44.8 Å². The minimum atomic E-state index is 0.204. The molecule has 90 valence electrons. The number of rotatable bonds is 3. The van der Waals surface area contributed by atoms with Crippen molar-refractivity contribution < 1.29 is 0 Å². The highest BCUT2D eigenvalue weighted by atomic mass is 15.3. The van der Waals surface area contributed by atoms with E-state index < -0.39 is 0 Å². The molecular weight excluding hydrogens is 200 g/mol. The molecule has 1 N–H and O–H groups in total. The Bertz CT molecular complexity index is 350. The van der Waals surface area contributed by atoms with Crippen molar-refractivity contribution in [1.82, 2.24) is 20.1 Å². The highest BCUT2D eigenvalue weighted by molar-refractivity contribution is 5.13. The molecule has 0 amide bonds. The van der Waals surface area contributed by atoms with Crippen LogP contribution in [-0.4, -0.2) is 27.9 Å². The van der Waals surface area contributed by atoms with Crippen LogP contribution >= 0.6 is 0 Å². The average molecular weight is 222 g/mol. The van der Waals surface area contributed by atoms with E-state index in [4.69, 9.17) is 0 Å². The van der Waals surface area contributed by atoms with Crippen LogP contribution in [0.15, 0.2) is 0 Å². The molecular formula is C12H22N4. The van der Waals surface area contributed by atoms with Gasteiger partial charge in [0.15, 0.2) is 0 Å². The molecule has 0 aliphatic carbocycles. The van der Waals surface area contributed by atoms with Crippen molar-refractivity contribution in [2.75, 3.05) is 13.1 Å². The maximum absolute atomic E-state index is 4.43. The normalized spacial score (nSPS) is 25.9. The zero-order valence-electron chi connectivity index (χ0n) is 10.6. The average Bonchev–Trinajstić information content (AvgIpc) is 2.71. The number of aryl methyl sites for hydroxylation is 1. The summed E-state index contributed by atoms with van der Waals surface area (Å²) in [6.07, 6.45) is 3.61. The number of hydrogen-bond donors (Lipinski definition) is 1. The summed E-state index contributed by atoms with van der Waals surface area (Å²) in [5.74, 6) is 2.22. The molecule has 1 unspecified atom stereocenters. The number of hydrogen-bond acceptors (Lipinski definition) is 3. The Morgan fingerprint density at radius 1 is 1.38 bits per heavy atom. The zero-order valence-corrected chi connectivity index (χ0v) is 10.6. The number of nitrogens with zero attached hydrogens (tertiary/aromatic N) is 3. The summed E-state index contributed by atoms with van der Waals surface area (Å²) in [6, 6.07) is 0. The molecule has 1 aliphatic rings. The van der Waals surface area contributed by atoms with E-state index in [9.17, 15) is 0 Å². The maximum atomic E-state index is 4.43. The highest BCUT2D eigenvalue weighted by Crippen LogP contribution is 2.33. The fraction of sp³-hybridized carbons (Fsp3) is 0.833. The summed E-state index contributed by atoms with van der Waals surface area (Å²) < 4.78 is 2.26. The van der Waals surface area contributed by atoms with E-state index in [1.807, 2.05) is 6.92 Å². The minimum Gasteiger partial charge on any atom is -0.316 e. The van der Waals surface area contributed by atoms with Crippen molar-refractivity contribution in [3.8, 4) is 0 Å². The van der Waals surface area contributed by atoms with E-state index in [1.54, 1.807) is 0 Å². The minimum absolute atomic E-state index is 0.204. The second-order valence-corrected chi connectivity index (χ2v) is 4.73. The summed E-state index contributed by atoms with van der Waals surface area (Å²) >= 11 is 0. The molecule has 1 aromatic rings. The van der Waals surface area contributed by atoms with Gasteiger partial charge in [0.1, 0.15) is 11.6 Å². The molecule has 16 heavy (non-hydrogen) atoms. The predicted octanol–water partition coefficient (Wildman–Crippen LogP) is 1.64. The van der Waals surface area contributed by atoms with Gasteiger partial charge in [-0.2, -0.15) is 0 Å². The molecule has 2 heterocycles. The molecule has 1 saturated heterocycles. The zero-order chi connectivity index (χ0) is 11.6. The van der Waals surface area contributed by atoms with E-state index in [1.165, 1.54) is 18.7 Å². The quantitative estimate of drug-likeness (QED) is 0.845. The van der Waals surface area contributed by atoms with Crippen molar-refractivity contribution in [3.63, 3.8) is 0 Å². The molecule has 4 heteroatoms. The van der Waals surface area contributed by atoms with Gasteiger partial charge in [-0.15, -0.1) is 10.2 Å². The first-order chi connectivity index (χ1) is 7.73. The predicted molar refractivity (Wildman–Crippen MR) is 64.5 cm³/mol. The van der Waals surface area contributed by atoms with E-state index >= 15 is 0 Å². The van der Waals surface area contributed by atoms with Gasteiger partial charge < -0.3 is 9.88 Å². The van der Waals surface area contributed by atoms with Crippen LogP contribution in [0.5, 0.6) is 0 Å². The Balaban J connectivity index is 2.38. The fourth-order valence-electron chi connectivity index (χ4n) is 2.77. The number of nitrogens with one attached hydrogen (secondary N) is 1. The lowest BCUT2D eigenvalue weighted by molar-refractivity contribution is 0.278. The second kappa shape index (κ2) is 4.53. The van der Waals surface area contributed by atoms with Gasteiger partial charge >= 0.3 is 0 Å². The Labute approximate surface area is 97.5 Å².